The third-order valence-corrected chi connectivity index (χ3v) is 5.02. The second-order valence-electron chi connectivity index (χ2n) is 6.41. The van der Waals surface area contributed by atoms with Gasteiger partial charge >= 0.3 is 0 Å². The molecule has 4 aromatic rings. The second kappa shape index (κ2) is 7.03. The molecular weight excluding hydrogens is 362 g/mol. The molecule has 1 aromatic carbocycles. The van der Waals surface area contributed by atoms with Crippen LogP contribution in [0.4, 0.5) is 0 Å². The smallest absolute Gasteiger partial charge is 0.253 e. The van der Waals surface area contributed by atoms with Crippen LogP contribution in [0.3, 0.4) is 0 Å². The number of para-hydroxylation sites is 1. The molecule has 4 rings (SSSR count). The maximum absolute atomic E-state index is 12.3. The van der Waals surface area contributed by atoms with E-state index >= 15 is 0 Å². The Morgan fingerprint density at radius 3 is 2.89 bits per heavy atom. The molecule has 138 valence electrons. The zero-order valence-electron chi connectivity index (χ0n) is 15.3. The third-order valence-electron chi connectivity index (χ3n) is 4.18. The molecule has 0 aliphatic rings. The van der Waals surface area contributed by atoms with Crippen LogP contribution in [0, 0.1) is 13.8 Å². The fourth-order valence-corrected chi connectivity index (χ4v) is 3.54. The molecule has 1 N–H and O–H groups in total. The Bertz CT molecular complexity index is 1100. The molecule has 8 heteroatoms. The summed E-state index contributed by atoms with van der Waals surface area (Å²) < 4.78 is 7.48. The van der Waals surface area contributed by atoms with Crippen molar-refractivity contribution in [2.24, 2.45) is 0 Å². The number of hydrogen-bond acceptors (Lipinski definition) is 6. The SMILES string of the molecule is Cc1cc(C)n2nc(SCC(=O)N[C@@H](C)c3cc4ccccc4o3)nc2n1. The minimum atomic E-state index is -0.217. The maximum Gasteiger partial charge on any atom is 0.253 e. The van der Waals surface area contributed by atoms with E-state index in [1.165, 1.54) is 11.8 Å². The summed E-state index contributed by atoms with van der Waals surface area (Å²) in [4.78, 5) is 21.0. The van der Waals surface area contributed by atoms with Crippen LogP contribution >= 0.6 is 11.8 Å². The maximum atomic E-state index is 12.3. The van der Waals surface area contributed by atoms with Gasteiger partial charge in [0.05, 0.1) is 11.8 Å². The van der Waals surface area contributed by atoms with Gasteiger partial charge < -0.3 is 9.73 Å². The van der Waals surface area contributed by atoms with Crippen molar-refractivity contribution < 1.29 is 9.21 Å². The van der Waals surface area contributed by atoms with Crippen molar-refractivity contribution in [3.8, 4) is 0 Å². The average Bonchev–Trinajstić information content (AvgIpc) is 3.23. The topological polar surface area (TPSA) is 85.3 Å². The zero-order chi connectivity index (χ0) is 19.0. The first-order valence-corrected chi connectivity index (χ1v) is 9.60. The van der Waals surface area contributed by atoms with Crippen LogP contribution in [0.15, 0.2) is 46.0 Å². The van der Waals surface area contributed by atoms with E-state index in [4.69, 9.17) is 4.42 Å². The largest absolute Gasteiger partial charge is 0.459 e. The summed E-state index contributed by atoms with van der Waals surface area (Å²) >= 11 is 1.29. The van der Waals surface area contributed by atoms with Crippen molar-refractivity contribution in [1.82, 2.24) is 24.9 Å². The predicted molar refractivity (Wildman–Crippen MR) is 104 cm³/mol. The van der Waals surface area contributed by atoms with Gasteiger partial charge in [0.1, 0.15) is 11.3 Å². The number of aromatic nitrogens is 4. The molecule has 0 spiro atoms. The van der Waals surface area contributed by atoms with Crippen LogP contribution < -0.4 is 5.32 Å². The van der Waals surface area contributed by atoms with E-state index in [1.54, 1.807) is 4.52 Å². The quantitative estimate of drug-likeness (QED) is 0.533. The highest BCUT2D eigenvalue weighted by Crippen LogP contribution is 2.24. The van der Waals surface area contributed by atoms with E-state index in [0.717, 1.165) is 28.1 Å². The number of furan rings is 1. The number of thioether (sulfide) groups is 1. The highest BCUT2D eigenvalue weighted by atomic mass is 32.2. The summed E-state index contributed by atoms with van der Waals surface area (Å²) in [5.41, 5.74) is 2.66. The number of benzene rings is 1. The van der Waals surface area contributed by atoms with Gasteiger partial charge in [-0.3, -0.25) is 4.79 Å². The van der Waals surface area contributed by atoms with Gasteiger partial charge in [-0.05, 0) is 39.0 Å². The van der Waals surface area contributed by atoms with Gasteiger partial charge in [0.15, 0.2) is 0 Å². The molecular formula is C19H19N5O2S. The van der Waals surface area contributed by atoms with Crippen LogP contribution in [-0.4, -0.2) is 31.2 Å². The Kier molecular flexibility index (Phi) is 4.57. The van der Waals surface area contributed by atoms with Crippen molar-refractivity contribution in [2.75, 3.05) is 5.75 Å². The number of hydrogen-bond donors (Lipinski definition) is 1. The Morgan fingerprint density at radius 1 is 1.26 bits per heavy atom. The van der Waals surface area contributed by atoms with Crippen LogP contribution in [-0.2, 0) is 4.79 Å². The monoisotopic (exact) mass is 381 g/mol. The Morgan fingerprint density at radius 2 is 2.07 bits per heavy atom. The first kappa shape index (κ1) is 17.5. The van der Waals surface area contributed by atoms with Crippen molar-refractivity contribution in [1.29, 1.82) is 0 Å². The van der Waals surface area contributed by atoms with Crippen LogP contribution in [0.1, 0.15) is 30.1 Å². The van der Waals surface area contributed by atoms with Crippen molar-refractivity contribution >= 4 is 34.4 Å². The lowest BCUT2D eigenvalue weighted by Gasteiger charge is -2.10. The molecule has 0 radical (unpaired) electrons. The first-order chi connectivity index (χ1) is 13.0. The summed E-state index contributed by atoms with van der Waals surface area (Å²) in [6, 6.07) is 11.5. The summed E-state index contributed by atoms with van der Waals surface area (Å²) in [7, 11) is 0. The highest BCUT2D eigenvalue weighted by Gasteiger charge is 2.15. The fourth-order valence-electron chi connectivity index (χ4n) is 2.91. The number of nitrogens with one attached hydrogen (secondary N) is 1. The summed E-state index contributed by atoms with van der Waals surface area (Å²) in [5.74, 6) is 1.40. The molecule has 0 saturated carbocycles. The van der Waals surface area contributed by atoms with Gasteiger partial charge in [-0.1, -0.05) is 30.0 Å². The second-order valence-corrected chi connectivity index (χ2v) is 7.35. The number of nitrogens with zero attached hydrogens (tertiary/aromatic N) is 4. The first-order valence-electron chi connectivity index (χ1n) is 8.61. The van der Waals surface area contributed by atoms with Gasteiger partial charge in [-0.25, -0.2) is 9.50 Å². The van der Waals surface area contributed by atoms with Gasteiger partial charge in [0, 0.05) is 16.8 Å². The van der Waals surface area contributed by atoms with Crippen molar-refractivity contribution in [3.63, 3.8) is 0 Å². The summed E-state index contributed by atoms with van der Waals surface area (Å²) in [6.07, 6.45) is 0. The molecule has 3 heterocycles. The van der Waals surface area contributed by atoms with E-state index in [9.17, 15) is 4.79 Å². The molecule has 1 atom stereocenters. The number of carbonyl (C=O) groups excluding carboxylic acids is 1. The molecule has 7 nitrogen and oxygen atoms in total. The Hall–Kier alpha value is -2.87. The molecule has 0 bridgehead atoms. The van der Waals surface area contributed by atoms with Gasteiger partial charge in [0.25, 0.3) is 5.78 Å². The number of rotatable bonds is 5. The van der Waals surface area contributed by atoms with E-state index in [-0.39, 0.29) is 17.7 Å². The van der Waals surface area contributed by atoms with Crippen LogP contribution in [0.2, 0.25) is 0 Å². The molecule has 0 fully saturated rings. The molecule has 0 unspecified atom stereocenters. The minimum Gasteiger partial charge on any atom is -0.459 e. The van der Waals surface area contributed by atoms with Crippen molar-refractivity contribution in [3.05, 3.63) is 53.5 Å². The standard InChI is InChI=1S/C19H19N5O2S/c1-11-8-12(2)24-18(20-11)22-19(23-24)27-10-17(25)21-13(3)16-9-14-6-4-5-7-15(14)26-16/h4-9,13H,10H2,1-3H3,(H,21,25)/t13-/m0/s1. The lowest BCUT2D eigenvalue weighted by atomic mass is 10.2. The Labute approximate surface area is 160 Å². The minimum absolute atomic E-state index is 0.104. The van der Waals surface area contributed by atoms with Gasteiger partial charge in [-0.2, -0.15) is 4.98 Å². The highest BCUT2D eigenvalue weighted by molar-refractivity contribution is 7.99. The normalized spacial score (nSPS) is 12.6. The zero-order valence-corrected chi connectivity index (χ0v) is 16.1. The Balaban J connectivity index is 1.40. The number of carbonyl (C=O) groups is 1. The fraction of sp³-hybridized carbons (Fsp3) is 0.263. The van der Waals surface area contributed by atoms with E-state index < -0.39 is 0 Å². The third kappa shape index (κ3) is 3.66. The van der Waals surface area contributed by atoms with Crippen LogP contribution in [0.25, 0.3) is 16.7 Å². The summed E-state index contributed by atoms with van der Waals surface area (Å²) in [5, 5.41) is 8.90. The van der Waals surface area contributed by atoms with E-state index in [2.05, 4.69) is 20.4 Å². The number of amides is 1. The van der Waals surface area contributed by atoms with Crippen LogP contribution in [0.5, 0.6) is 0 Å². The predicted octanol–water partition coefficient (Wildman–Crippen LogP) is 3.46. The number of aryl methyl sites for hydroxylation is 2. The van der Waals surface area contributed by atoms with E-state index in [0.29, 0.717) is 10.9 Å². The van der Waals surface area contributed by atoms with Gasteiger partial charge in [-0.15, -0.1) is 5.10 Å². The number of fused-ring (bicyclic) bond motifs is 2. The molecule has 3 aromatic heterocycles. The lowest BCUT2D eigenvalue weighted by molar-refractivity contribution is -0.119. The molecule has 27 heavy (non-hydrogen) atoms. The molecule has 0 aliphatic carbocycles. The van der Waals surface area contributed by atoms with E-state index in [1.807, 2.05) is 57.2 Å². The summed E-state index contributed by atoms with van der Waals surface area (Å²) in [6.45, 7) is 5.77. The molecule has 1 amide bonds. The van der Waals surface area contributed by atoms with Gasteiger partial charge in [0.2, 0.25) is 11.1 Å². The molecule has 0 aliphatic heterocycles. The average molecular weight is 381 g/mol. The lowest BCUT2D eigenvalue weighted by Crippen LogP contribution is -2.27. The van der Waals surface area contributed by atoms with Crippen molar-refractivity contribution in [2.45, 2.75) is 32.0 Å². The molecule has 0 saturated heterocycles.